The molecule has 6 heteroatoms. The lowest BCUT2D eigenvalue weighted by atomic mass is 9.92. The van der Waals surface area contributed by atoms with Crippen molar-refractivity contribution in [2.24, 2.45) is 5.41 Å². The third kappa shape index (κ3) is 4.25. The molecule has 1 atom stereocenters. The first-order valence-electron chi connectivity index (χ1n) is 8.78. The van der Waals surface area contributed by atoms with Gasteiger partial charge in [0, 0.05) is 43.2 Å². The number of hydrogen-bond acceptors (Lipinski definition) is 5. The Kier molecular flexibility index (Phi) is 4.90. The molecule has 1 aromatic heterocycles. The second-order valence-corrected chi connectivity index (χ2v) is 7.88. The Hall–Kier alpha value is -2.21. The lowest BCUT2D eigenvalue weighted by Gasteiger charge is -2.34. The van der Waals surface area contributed by atoms with Crippen LogP contribution in [0.15, 0.2) is 28.8 Å². The number of nitrogens with one attached hydrogen (secondary N) is 1. The Morgan fingerprint density at radius 1 is 1.40 bits per heavy atom. The normalized spacial score (nSPS) is 18.4. The van der Waals surface area contributed by atoms with Crippen LogP contribution in [0.4, 0.5) is 0 Å². The minimum absolute atomic E-state index is 0.0502. The zero-order chi connectivity index (χ0) is 18.0. The highest BCUT2D eigenvalue weighted by molar-refractivity contribution is 5.95. The smallest absolute Gasteiger partial charge is 0.254 e. The summed E-state index contributed by atoms with van der Waals surface area (Å²) in [4.78, 5) is 19.2. The molecule has 134 valence electrons. The van der Waals surface area contributed by atoms with Gasteiger partial charge in [0.25, 0.3) is 5.91 Å². The summed E-state index contributed by atoms with van der Waals surface area (Å²) in [6, 6.07) is 7.66. The molecule has 0 radical (unpaired) electrons. The predicted octanol–water partition coefficient (Wildman–Crippen LogP) is 2.76. The van der Waals surface area contributed by atoms with Crippen molar-refractivity contribution in [3.05, 3.63) is 35.7 Å². The Balaban J connectivity index is 1.81. The maximum Gasteiger partial charge on any atom is 0.254 e. The van der Waals surface area contributed by atoms with Crippen LogP contribution in [0.2, 0.25) is 0 Å². The molecule has 1 amide bonds. The van der Waals surface area contributed by atoms with Gasteiger partial charge in [-0.05, 0) is 24.5 Å². The molecule has 2 aromatic rings. The summed E-state index contributed by atoms with van der Waals surface area (Å²) in [6.45, 7) is 10.8. The monoisotopic (exact) mass is 342 g/mol. The van der Waals surface area contributed by atoms with Crippen LogP contribution in [0.3, 0.4) is 0 Å². The van der Waals surface area contributed by atoms with Crippen LogP contribution in [0, 0.1) is 5.41 Å². The Morgan fingerprint density at radius 3 is 2.92 bits per heavy atom. The van der Waals surface area contributed by atoms with Crippen molar-refractivity contribution >= 4 is 5.91 Å². The molecule has 1 aliphatic heterocycles. The van der Waals surface area contributed by atoms with Crippen LogP contribution in [0.5, 0.6) is 0 Å². The zero-order valence-electron chi connectivity index (χ0n) is 15.4. The highest BCUT2D eigenvalue weighted by Gasteiger charge is 2.24. The lowest BCUT2D eigenvalue weighted by Crippen LogP contribution is -2.52. The van der Waals surface area contributed by atoms with Gasteiger partial charge in [-0.2, -0.15) is 4.98 Å². The summed E-state index contributed by atoms with van der Waals surface area (Å²) < 4.78 is 5.36. The molecule has 0 aliphatic carbocycles. The van der Waals surface area contributed by atoms with Crippen LogP contribution in [-0.2, 0) is 6.42 Å². The van der Waals surface area contributed by atoms with Crippen molar-refractivity contribution in [2.45, 2.75) is 40.2 Å². The number of nitrogens with zero attached hydrogens (tertiary/aromatic N) is 3. The zero-order valence-corrected chi connectivity index (χ0v) is 15.4. The molecule has 6 nitrogen and oxygen atoms in total. The minimum Gasteiger partial charge on any atom is -0.339 e. The fraction of sp³-hybridized carbons (Fsp3) is 0.526. The molecule has 0 spiro atoms. The summed E-state index contributed by atoms with van der Waals surface area (Å²) in [6.07, 6.45) is 0.719. The van der Waals surface area contributed by atoms with E-state index in [0.717, 1.165) is 31.6 Å². The van der Waals surface area contributed by atoms with Crippen molar-refractivity contribution in [3.8, 4) is 11.4 Å². The number of rotatable bonds is 3. The van der Waals surface area contributed by atoms with E-state index in [9.17, 15) is 4.79 Å². The molecule has 1 unspecified atom stereocenters. The molecule has 0 saturated carbocycles. The number of amides is 1. The number of benzene rings is 1. The van der Waals surface area contributed by atoms with E-state index in [4.69, 9.17) is 4.52 Å². The van der Waals surface area contributed by atoms with Gasteiger partial charge in [-0.1, -0.05) is 38.1 Å². The van der Waals surface area contributed by atoms with Gasteiger partial charge in [-0.15, -0.1) is 0 Å². The van der Waals surface area contributed by atoms with E-state index in [0.29, 0.717) is 17.3 Å². The maximum atomic E-state index is 12.8. The van der Waals surface area contributed by atoms with Crippen molar-refractivity contribution in [3.63, 3.8) is 0 Å². The molecule has 1 aliphatic rings. The van der Waals surface area contributed by atoms with Crippen molar-refractivity contribution in [1.82, 2.24) is 20.4 Å². The molecule has 1 fully saturated rings. The fourth-order valence-electron chi connectivity index (χ4n) is 3.00. The Bertz CT molecular complexity index is 748. The van der Waals surface area contributed by atoms with Gasteiger partial charge < -0.3 is 14.7 Å². The molecular weight excluding hydrogens is 316 g/mol. The van der Waals surface area contributed by atoms with E-state index in [2.05, 4.69) is 43.2 Å². The van der Waals surface area contributed by atoms with Gasteiger partial charge in [-0.25, -0.2) is 0 Å². The molecule has 3 rings (SSSR count). The first kappa shape index (κ1) is 17.6. The van der Waals surface area contributed by atoms with Gasteiger partial charge in [-0.3, -0.25) is 4.79 Å². The highest BCUT2D eigenvalue weighted by Crippen LogP contribution is 2.23. The van der Waals surface area contributed by atoms with E-state index in [1.165, 1.54) is 0 Å². The van der Waals surface area contributed by atoms with Crippen LogP contribution in [0.1, 0.15) is 43.9 Å². The summed E-state index contributed by atoms with van der Waals surface area (Å²) in [7, 11) is 0. The van der Waals surface area contributed by atoms with E-state index < -0.39 is 0 Å². The van der Waals surface area contributed by atoms with Crippen molar-refractivity contribution in [2.75, 3.05) is 19.6 Å². The molecule has 0 bridgehead atoms. The standard InChI is InChI=1S/C19H26N4O2/c1-13-12-20-8-9-23(13)18(24)15-7-5-6-14(10-15)17-21-16(25-22-17)11-19(2,3)4/h5-7,10,13,20H,8-9,11-12H2,1-4H3. The lowest BCUT2D eigenvalue weighted by molar-refractivity contribution is 0.0656. The quantitative estimate of drug-likeness (QED) is 0.929. The van der Waals surface area contributed by atoms with E-state index in [1.54, 1.807) is 0 Å². The first-order valence-corrected chi connectivity index (χ1v) is 8.78. The van der Waals surface area contributed by atoms with E-state index >= 15 is 0 Å². The SMILES string of the molecule is CC1CNCCN1C(=O)c1cccc(-c2noc(CC(C)(C)C)n2)c1. The maximum absolute atomic E-state index is 12.8. The summed E-state index contributed by atoms with van der Waals surface area (Å²) >= 11 is 0. The largest absolute Gasteiger partial charge is 0.339 e. The number of carbonyl (C=O) groups excluding carboxylic acids is 1. The van der Waals surface area contributed by atoms with Gasteiger partial charge in [0.1, 0.15) is 0 Å². The molecule has 1 saturated heterocycles. The molecule has 1 aromatic carbocycles. The molecule has 25 heavy (non-hydrogen) atoms. The fourth-order valence-corrected chi connectivity index (χ4v) is 3.00. The summed E-state index contributed by atoms with van der Waals surface area (Å²) in [5.41, 5.74) is 1.55. The minimum atomic E-state index is 0.0502. The Morgan fingerprint density at radius 2 is 2.20 bits per heavy atom. The number of carbonyl (C=O) groups is 1. The van der Waals surface area contributed by atoms with Gasteiger partial charge in [0.15, 0.2) is 0 Å². The number of hydrogen-bond donors (Lipinski definition) is 1. The summed E-state index contributed by atoms with van der Waals surface area (Å²) in [5, 5.41) is 7.38. The molecule has 1 N–H and O–H groups in total. The Labute approximate surface area is 148 Å². The van der Waals surface area contributed by atoms with E-state index in [1.807, 2.05) is 29.2 Å². The second kappa shape index (κ2) is 6.96. The molecule has 2 heterocycles. The third-order valence-electron chi connectivity index (χ3n) is 4.28. The van der Waals surface area contributed by atoms with Crippen LogP contribution < -0.4 is 5.32 Å². The van der Waals surface area contributed by atoms with Crippen LogP contribution in [0.25, 0.3) is 11.4 Å². The average molecular weight is 342 g/mol. The second-order valence-electron chi connectivity index (χ2n) is 7.88. The number of piperazine rings is 1. The van der Waals surface area contributed by atoms with Gasteiger partial charge in [0.2, 0.25) is 11.7 Å². The predicted molar refractivity (Wildman–Crippen MR) is 96.3 cm³/mol. The van der Waals surface area contributed by atoms with Gasteiger partial charge >= 0.3 is 0 Å². The van der Waals surface area contributed by atoms with Gasteiger partial charge in [0.05, 0.1) is 0 Å². The third-order valence-corrected chi connectivity index (χ3v) is 4.28. The average Bonchev–Trinajstić information content (AvgIpc) is 3.01. The van der Waals surface area contributed by atoms with Crippen molar-refractivity contribution < 1.29 is 9.32 Å². The van der Waals surface area contributed by atoms with Crippen LogP contribution in [-0.4, -0.2) is 46.6 Å². The molecular formula is C19H26N4O2. The summed E-state index contributed by atoms with van der Waals surface area (Å²) in [5.74, 6) is 1.20. The number of aromatic nitrogens is 2. The van der Waals surface area contributed by atoms with Crippen molar-refractivity contribution in [1.29, 1.82) is 0 Å². The topological polar surface area (TPSA) is 71.3 Å². The van der Waals surface area contributed by atoms with E-state index in [-0.39, 0.29) is 17.4 Å². The first-order chi connectivity index (χ1) is 11.8. The highest BCUT2D eigenvalue weighted by atomic mass is 16.5. The van der Waals surface area contributed by atoms with Crippen LogP contribution >= 0.6 is 0 Å².